The summed E-state index contributed by atoms with van der Waals surface area (Å²) in [5.41, 5.74) is 7.81. The third kappa shape index (κ3) is 7.24. The van der Waals surface area contributed by atoms with Gasteiger partial charge in [0.1, 0.15) is 6.61 Å². The van der Waals surface area contributed by atoms with Gasteiger partial charge in [-0.05, 0) is 47.9 Å². The summed E-state index contributed by atoms with van der Waals surface area (Å²) in [5.74, 6) is 0.0485. The molecule has 0 unspecified atom stereocenters. The molecule has 10 heteroatoms. The van der Waals surface area contributed by atoms with Gasteiger partial charge < -0.3 is 21.1 Å². The van der Waals surface area contributed by atoms with Crippen LogP contribution < -0.4 is 21.1 Å². The number of aromatic nitrogens is 1. The van der Waals surface area contributed by atoms with Crippen LogP contribution in [0.25, 0.3) is 0 Å². The average Bonchev–Trinajstić information content (AvgIpc) is 2.82. The van der Waals surface area contributed by atoms with E-state index in [4.69, 9.17) is 45.3 Å². The highest BCUT2D eigenvalue weighted by Crippen LogP contribution is 2.28. The van der Waals surface area contributed by atoms with Crippen molar-refractivity contribution in [3.05, 3.63) is 86.0 Å². The predicted molar refractivity (Wildman–Crippen MR) is 139 cm³/mol. The highest BCUT2D eigenvalue weighted by Gasteiger charge is 2.14. The summed E-state index contributed by atoms with van der Waals surface area (Å²) in [6, 6.07) is 11.5. The van der Waals surface area contributed by atoms with Gasteiger partial charge in [0, 0.05) is 45.5 Å². The second-order valence-electron chi connectivity index (χ2n) is 8.19. The zero-order valence-electron chi connectivity index (χ0n) is 19.2. The Morgan fingerprint density at radius 1 is 0.971 bits per heavy atom. The molecule has 35 heavy (non-hydrogen) atoms. The van der Waals surface area contributed by atoms with Crippen LogP contribution in [0.15, 0.2) is 48.7 Å². The van der Waals surface area contributed by atoms with E-state index >= 15 is 0 Å². The van der Waals surface area contributed by atoms with Gasteiger partial charge in [0.2, 0.25) is 0 Å². The Balaban J connectivity index is 1.67. The Kier molecular flexibility index (Phi) is 9.20. The Bertz CT molecular complexity index is 1210. The quantitative estimate of drug-likeness (QED) is 0.334. The van der Waals surface area contributed by atoms with Gasteiger partial charge in [0.15, 0.2) is 11.6 Å². The molecule has 0 aliphatic heterocycles. The van der Waals surface area contributed by atoms with Gasteiger partial charge in [0.05, 0.1) is 5.56 Å². The second-order valence-corrected chi connectivity index (χ2v) is 9.41. The number of hydrogen-bond acceptors (Lipinski definition) is 5. The topological polar surface area (TPSA) is 106 Å². The average molecular weight is 536 g/mol. The smallest absolute Gasteiger partial charge is 0.253 e. The third-order valence-corrected chi connectivity index (χ3v) is 6.07. The van der Waals surface area contributed by atoms with Crippen molar-refractivity contribution in [2.75, 3.05) is 12.3 Å². The molecule has 0 saturated heterocycles. The molecule has 7 nitrogen and oxygen atoms in total. The fraction of sp³-hybridized carbons (Fsp3) is 0.240. The highest BCUT2D eigenvalue weighted by atomic mass is 35.5. The zero-order valence-corrected chi connectivity index (χ0v) is 21.5. The normalized spacial score (nSPS) is 10.8. The van der Waals surface area contributed by atoms with Crippen molar-refractivity contribution in [3.8, 4) is 5.75 Å². The van der Waals surface area contributed by atoms with Crippen LogP contribution in [-0.2, 0) is 13.2 Å². The van der Waals surface area contributed by atoms with E-state index in [-0.39, 0.29) is 36.2 Å². The van der Waals surface area contributed by atoms with E-state index in [1.165, 1.54) is 12.3 Å². The van der Waals surface area contributed by atoms with Crippen LogP contribution in [0, 0.1) is 5.92 Å². The molecule has 0 radical (unpaired) electrons. The fourth-order valence-electron chi connectivity index (χ4n) is 3.04. The number of halogens is 3. The van der Waals surface area contributed by atoms with Crippen molar-refractivity contribution in [1.29, 1.82) is 0 Å². The number of amides is 2. The van der Waals surface area contributed by atoms with Crippen LogP contribution in [0.5, 0.6) is 5.75 Å². The van der Waals surface area contributed by atoms with Crippen molar-refractivity contribution in [3.63, 3.8) is 0 Å². The van der Waals surface area contributed by atoms with Crippen LogP contribution >= 0.6 is 34.8 Å². The SMILES string of the molecule is CC(C)CNC(=O)c1ccc(Cl)c(CNC(=O)c2cnc(N)c(OCc3c(Cl)cccc3Cl)c2)c1. The van der Waals surface area contributed by atoms with Crippen molar-refractivity contribution in [2.45, 2.75) is 27.0 Å². The number of pyridine rings is 1. The summed E-state index contributed by atoms with van der Waals surface area (Å²) in [6.07, 6.45) is 1.34. The number of nitrogens with zero attached hydrogens (tertiary/aromatic N) is 1. The first-order chi connectivity index (χ1) is 16.7. The maximum Gasteiger partial charge on any atom is 0.253 e. The summed E-state index contributed by atoms with van der Waals surface area (Å²) in [5, 5.41) is 6.97. The number of rotatable bonds is 9. The number of nitrogen functional groups attached to an aromatic ring is 1. The molecule has 1 heterocycles. The third-order valence-electron chi connectivity index (χ3n) is 5.00. The van der Waals surface area contributed by atoms with Crippen LogP contribution in [0.4, 0.5) is 5.82 Å². The van der Waals surface area contributed by atoms with Gasteiger partial charge in [-0.15, -0.1) is 0 Å². The van der Waals surface area contributed by atoms with E-state index in [1.54, 1.807) is 36.4 Å². The second kappa shape index (κ2) is 12.1. The molecule has 0 spiro atoms. The van der Waals surface area contributed by atoms with Crippen molar-refractivity contribution >= 4 is 52.4 Å². The number of carbonyl (C=O) groups excluding carboxylic acids is 2. The number of benzene rings is 2. The highest BCUT2D eigenvalue weighted by molar-refractivity contribution is 6.36. The molecule has 0 aliphatic carbocycles. The maximum absolute atomic E-state index is 12.8. The monoisotopic (exact) mass is 534 g/mol. The zero-order chi connectivity index (χ0) is 25.5. The Labute approximate surface area is 218 Å². The summed E-state index contributed by atoms with van der Waals surface area (Å²) < 4.78 is 5.74. The van der Waals surface area contributed by atoms with Gasteiger partial charge >= 0.3 is 0 Å². The van der Waals surface area contributed by atoms with Gasteiger partial charge in [-0.2, -0.15) is 0 Å². The minimum Gasteiger partial charge on any atom is -0.485 e. The molecule has 184 valence electrons. The van der Waals surface area contributed by atoms with Gasteiger partial charge in [-0.25, -0.2) is 4.98 Å². The minimum absolute atomic E-state index is 0.0523. The first-order valence-electron chi connectivity index (χ1n) is 10.8. The largest absolute Gasteiger partial charge is 0.485 e. The molecule has 3 rings (SSSR count). The van der Waals surface area contributed by atoms with Gasteiger partial charge in [-0.3, -0.25) is 9.59 Å². The number of carbonyl (C=O) groups is 2. The first-order valence-corrected chi connectivity index (χ1v) is 11.9. The Hall–Kier alpha value is -3.00. The van der Waals surface area contributed by atoms with E-state index in [9.17, 15) is 9.59 Å². The van der Waals surface area contributed by atoms with Crippen molar-refractivity contribution in [2.24, 2.45) is 5.92 Å². The summed E-state index contributed by atoms with van der Waals surface area (Å²) in [7, 11) is 0. The number of ether oxygens (including phenoxy) is 1. The van der Waals surface area contributed by atoms with Crippen LogP contribution in [0.1, 0.15) is 45.7 Å². The first kappa shape index (κ1) is 26.6. The lowest BCUT2D eigenvalue weighted by Gasteiger charge is -2.13. The molecule has 0 bridgehead atoms. The number of hydrogen-bond donors (Lipinski definition) is 3. The van der Waals surface area contributed by atoms with Crippen LogP contribution in [-0.4, -0.2) is 23.3 Å². The van der Waals surface area contributed by atoms with Gasteiger partial charge in [0.25, 0.3) is 11.8 Å². The van der Waals surface area contributed by atoms with Crippen molar-refractivity contribution < 1.29 is 14.3 Å². The fourth-order valence-corrected chi connectivity index (χ4v) is 3.73. The lowest BCUT2D eigenvalue weighted by atomic mass is 10.1. The lowest BCUT2D eigenvalue weighted by molar-refractivity contribution is 0.0943. The standard InChI is InChI=1S/C25H25Cl3N4O3/c1-14(2)10-31-24(33)15-6-7-19(26)16(8-15)11-32-25(34)17-9-22(23(29)30-12-17)35-13-18-20(27)4-3-5-21(18)28/h3-9,12,14H,10-11,13H2,1-2H3,(H2,29,30)(H,31,33)(H,32,34). The lowest BCUT2D eigenvalue weighted by Crippen LogP contribution is -2.27. The number of nitrogens with two attached hydrogens (primary N) is 1. The molecule has 2 aromatic carbocycles. The number of anilines is 1. The molecule has 4 N–H and O–H groups in total. The predicted octanol–water partition coefficient (Wildman–Crippen LogP) is 5.52. The van der Waals surface area contributed by atoms with Crippen LogP contribution in [0.2, 0.25) is 15.1 Å². The molecule has 2 amide bonds. The van der Waals surface area contributed by atoms with E-state index in [0.717, 1.165) is 0 Å². The van der Waals surface area contributed by atoms with Crippen molar-refractivity contribution in [1.82, 2.24) is 15.6 Å². The molecular weight excluding hydrogens is 511 g/mol. The Morgan fingerprint density at radius 3 is 2.34 bits per heavy atom. The molecule has 3 aromatic rings. The van der Waals surface area contributed by atoms with Crippen LogP contribution in [0.3, 0.4) is 0 Å². The molecule has 0 atom stereocenters. The molecule has 0 aliphatic rings. The minimum atomic E-state index is -0.413. The molecule has 0 fully saturated rings. The molecule has 1 aromatic heterocycles. The number of nitrogens with one attached hydrogen (secondary N) is 2. The summed E-state index contributed by atoms with van der Waals surface area (Å²) in [4.78, 5) is 29.2. The Morgan fingerprint density at radius 2 is 1.66 bits per heavy atom. The van der Waals surface area contributed by atoms with E-state index in [2.05, 4.69) is 15.6 Å². The van der Waals surface area contributed by atoms with E-state index < -0.39 is 5.91 Å². The summed E-state index contributed by atoms with van der Waals surface area (Å²) >= 11 is 18.6. The van der Waals surface area contributed by atoms with E-state index in [1.807, 2.05) is 13.8 Å². The summed E-state index contributed by atoms with van der Waals surface area (Å²) in [6.45, 7) is 4.75. The maximum atomic E-state index is 12.8. The van der Waals surface area contributed by atoms with E-state index in [0.29, 0.717) is 44.2 Å². The molecular formula is C25H25Cl3N4O3. The molecule has 0 saturated carbocycles. The van der Waals surface area contributed by atoms with Gasteiger partial charge in [-0.1, -0.05) is 54.7 Å².